The number of ether oxygens (including phenoxy) is 2. The first-order valence-electron chi connectivity index (χ1n) is 7.40. The number of unbranched alkanes of at least 4 members (excludes halogenated alkanes) is 1. The first kappa shape index (κ1) is 22.7. The van der Waals surface area contributed by atoms with Gasteiger partial charge < -0.3 is 9.47 Å². The summed E-state index contributed by atoms with van der Waals surface area (Å²) < 4.78 is 11.3. The monoisotopic (exact) mass is 336 g/mol. The standard InChI is InChI=1S/C17H28O2.2ClH/c1-6-8-9-15(7-2)12-19-17-11-13(3)16(18-5)10-14(17)4;;/h10-11,15H,6-9,12H2,1-5H3;2*1H. The van der Waals surface area contributed by atoms with Crippen molar-refractivity contribution in [2.24, 2.45) is 5.92 Å². The molecule has 0 spiro atoms. The summed E-state index contributed by atoms with van der Waals surface area (Å²) in [6, 6.07) is 4.14. The third kappa shape index (κ3) is 7.28. The van der Waals surface area contributed by atoms with Gasteiger partial charge in [0.25, 0.3) is 0 Å². The molecule has 2 nitrogen and oxygen atoms in total. The Kier molecular flexibility index (Phi) is 13.0. The minimum absolute atomic E-state index is 0. The molecule has 0 N–H and O–H groups in total. The molecule has 1 aromatic carbocycles. The minimum atomic E-state index is 0. The Labute approximate surface area is 142 Å². The van der Waals surface area contributed by atoms with Gasteiger partial charge in [0.1, 0.15) is 11.5 Å². The van der Waals surface area contributed by atoms with Crippen LogP contribution in [-0.4, -0.2) is 13.7 Å². The van der Waals surface area contributed by atoms with Crippen molar-refractivity contribution in [3.8, 4) is 11.5 Å². The number of hydrogen-bond donors (Lipinski definition) is 0. The fourth-order valence-corrected chi connectivity index (χ4v) is 2.24. The van der Waals surface area contributed by atoms with Gasteiger partial charge in [-0.2, -0.15) is 0 Å². The molecular weight excluding hydrogens is 307 g/mol. The maximum atomic E-state index is 6.01. The SMILES string of the molecule is CCCCC(CC)COc1cc(C)c(OC)cc1C.Cl.Cl. The second-order valence-corrected chi connectivity index (χ2v) is 5.31. The number of aryl methyl sites for hydroxylation is 2. The molecule has 0 bridgehead atoms. The maximum absolute atomic E-state index is 6.01. The van der Waals surface area contributed by atoms with Crippen molar-refractivity contribution in [2.75, 3.05) is 13.7 Å². The lowest BCUT2D eigenvalue weighted by atomic mass is 10.0. The lowest BCUT2D eigenvalue weighted by Crippen LogP contribution is -2.12. The van der Waals surface area contributed by atoms with Gasteiger partial charge >= 0.3 is 0 Å². The average Bonchev–Trinajstić information content (AvgIpc) is 2.42. The fraction of sp³-hybridized carbons (Fsp3) is 0.647. The van der Waals surface area contributed by atoms with E-state index >= 15 is 0 Å². The molecular formula is C17H30Cl2O2. The fourth-order valence-electron chi connectivity index (χ4n) is 2.24. The van der Waals surface area contributed by atoms with Crippen LogP contribution in [-0.2, 0) is 0 Å². The van der Waals surface area contributed by atoms with Crippen LogP contribution >= 0.6 is 24.8 Å². The Bertz CT molecular complexity index is 395. The van der Waals surface area contributed by atoms with Crippen LogP contribution in [0.2, 0.25) is 0 Å². The molecule has 0 saturated heterocycles. The second-order valence-electron chi connectivity index (χ2n) is 5.31. The molecule has 1 rings (SSSR count). The molecule has 124 valence electrons. The van der Waals surface area contributed by atoms with Crippen molar-refractivity contribution < 1.29 is 9.47 Å². The first-order valence-corrected chi connectivity index (χ1v) is 7.40. The molecule has 0 heterocycles. The Morgan fingerprint density at radius 2 is 1.57 bits per heavy atom. The maximum Gasteiger partial charge on any atom is 0.122 e. The van der Waals surface area contributed by atoms with Gasteiger partial charge in [0, 0.05) is 0 Å². The zero-order valence-electron chi connectivity index (χ0n) is 13.9. The first-order chi connectivity index (χ1) is 9.12. The van der Waals surface area contributed by atoms with E-state index in [0.29, 0.717) is 5.92 Å². The number of halogens is 2. The normalized spacial score (nSPS) is 11.1. The highest BCUT2D eigenvalue weighted by molar-refractivity contribution is 5.85. The summed E-state index contributed by atoms with van der Waals surface area (Å²) in [5, 5.41) is 0. The summed E-state index contributed by atoms with van der Waals surface area (Å²) >= 11 is 0. The summed E-state index contributed by atoms with van der Waals surface area (Å²) in [6.07, 6.45) is 5.01. The van der Waals surface area contributed by atoms with Crippen molar-refractivity contribution in [1.29, 1.82) is 0 Å². The van der Waals surface area contributed by atoms with Crippen molar-refractivity contribution in [3.63, 3.8) is 0 Å². The molecule has 0 fully saturated rings. The van der Waals surface area contributed by atoms with Crippen molar-refractivity contribution >= 4 is 24.8 Å². The van der Waals surface area contributed by atoms with E-state index in [1.165, 1.54) is 25.7 Å². The molecule has 1 atom stereocenters. The average molecular weight is 337 g/mol. The van der Waals surface area contributed by atoms with E-state index in [9.17, 15) is 0 Å². The summed E-state index contributed by atoms with van der Waals surface area (Å²) in [5.41, 5.74) is 2.28. The molecule has 0 saturated carbocycles. The Hall–Kier alpha value is -0.600. The summed E-state index contributed by atoms with van der Waals surface area (Å²) in [7, 11) is 1.71. The number of rotatable bonds is 8. The Morgan fingerprint density at radius 3 is 2.10 bits per heavy atom. The van der Waals surface area contributed by atoms with E-state index in [4.69, 9.17) is 9.47 Å². The van der Waals surface area contributed by atoms with E-state index < -0.39 is 0 Å². The zero-order chi connectivity index (χ0) is 14.3. The van der Waals surface area contributed by atoms with Crippen LogP contribution in [0, 0.1) is 19.8 Å². The van der Waals surface area contributed by atoms with Gasteiger partial charge in [-0.05, 0) is 49.4 Å². The van der Waals surface area contributed by atoms with Crippen LogP contribution in [0.5, 0.6) is 11.5 Å². The van der Waals surface area contributed by atoms with E-state index in [1.807, 2.05) is 0 Å². The van der Waals surface area contributed by atoms with Gasteiger partial charge in [-0.25, -0.2) is 0 Å². The predicted molar refractivity (Wildman–Crippen MR) is 95.8 cm³/mol. The predicted octanol–water partition coefficient (Wildman–Crippen LogP) is 5.75. The smallest absolute Gasteiger partial charge is 0.122 e. The van der Waals surface area contributed by atoms with Gasteiger partial charge in [-0.15, -0.1) is 24.8 Å². The third-order valence-electron chi connectivity index (χ3n) is 3.71. The molecule has 1 aromatic rings. The van der Waals surface area contributed by atoms with Crippen molar-refractivity contribution in [3.05, 3.63) is 23.3 Å². The van der Waals surface area contributed by atoms with E-state index in [-0.39, 0.29) is 24.8 Å². The van der Waals surface area contributed by atoms with Gasteiger partial charge in [0.15, 0.2) is 0 Å². The van der Waals surface area contributed by atoms with Crippen LogP contribution in [0.15, 0.2) is 12.1 Å². The van der Waals surface area contributed by atoms with Gasteiger partial charge in [0.2, 0.25) is 0 Å². The van der Waals surface area contributed by atoms with Gasteiger partial charge in [-0.3, -0.25) is 0 Å². The zero-order valence-corrected chi connectivity index (χ0v) is 15.5. The second kappa shape index (κ2) is 12.0. The van der Waals surface area contributed by atoms with Crippen molar-refractivity contribution in [2.45, 2.75) is 53.4 Å². The lowest BCUT2D eigenvalue weighted by Gasteiger charge is -2.18. The van der Waals surface area contributed by atoms with Crippen molar-refractivity contribution in [1.82, 2.24) is 0 Å². The van der Waals surface area contributed by atoms with Crippen LogP contribution in [0.4, 0.5) is 0 Å². The van der Waals surface area contributed by atoms with Crippen LogP contribution in [0.1, 0.15) is 50.7 Å². The molecule has 1 unspecified atom stereocenters. The highest BCUT2D eigenvalue weighted by Crippen LogP contribution is 2.28. The quantitative estimate of drug-likeness (QED) is 0.601. The van der Waals surface area contributed by atoms with Crippen LogP contribution < -0.4 is 9.47 Å². The lowest BCUT2D eigenvalue weighted by molar-refractivity contribution is 0.231. The molecule has 0 radical (unpaired) electrons. The summed E-state index contributed by atoms with van der Waals surface area (Å²) in [5.74, 6) is 2.60. The summed E-state index contributed by atoms with van der Waals surface area (Å²) in [6.45, 7) is 9.44. The molecule has 0 aliphatic carbocycles. The number of hydrogen-bond acceptors (Lipinski definition) is 2. The third-order valence-corrected chi connectivity index (χ3v) is 3.71. The highest BCUT2D eigenvalue weighted by atomic mass is 35.5. The molecule has 21 heavy (non-hydrogen) atoms. The van der Waals surface area contributed by atoms with E-state index in [1.54, 1.807) is 7.11 Å². The van der Waals surface area contributed by atoms with Crippen LogP contribution in [0.3, 0.4) is 0 Å². The Morgan fingerprint density at radius 1 is 1.00 bits per heavy atom. The van der Waals surface area contributed by atoms with E-state index in [2.05, 4.69) is 39.8 Å². The molecule has 4 heteroatoms. The number of methoxy groups -OCH3 is 1. The van der Waals surface area contributed by atoms with Crippen LogP contribution in [0.25, 0.3) is 0 Å². The minimum Gasteiger partial charge on any atom is -0.496 e. The summed E-state index contributed by atoms with van der Waals surface area (Å²) in [4.78, 5) is 0. The van der Waals surface area contributed by atoms with Gasteiger partial charge in [0.05, 0.1) is 13.7 Å². The largest absolute Gasteiger partial charge is 0.496 e. The molecule has 0 aliphatic rings. The van der Waals surface area contributed by atoms with Gasteiger partial charge in [-0.1, -0.05) is 33.1 Å². The number of benzene rings is 1. The van der Waals surface area contributed by atoms with E-state index in [0.717, 1.165) is 29.2 Å². The molecule has 0 aliphatic heterocycles. The Balaban J connectivity index is 0. The molecule has 0 amide bonds. The molecule has 0 aromatic heterocycles. The highest BCUT2D eigenvalue weighted by Gasteiger charge is 2.10. The topological polar surface area (TPSA) is 18.5 Å².